The van der Waals surface area contributed by atoms with Crippen molar-refractivity contribution < 1.29 is 19.4 Å². The summed E-state index contributed by atoms with van der Waals surface area (Å²) in [4.78, 5) is 26.9. The molecule has 0 fully saturated rings. The predicted molar refractivity (Wildman–Crippen MR) is 73.3 cm³/mol. The van der Waals surface area contributed by atoms with Crippen LogP contribution in [0.2, 0.25) is 0 Å². The largest absolute Gasteiger partial charge is 0.478 e. The Hall–Kier alpha value is -2.74. The minimum Gasteiger partial charge on any atom is -0.478 e. The molecule has 0 spiro atoms. The van der Waals surface area contributed by atoms with Gasteiger partial charge in [0, 0.05) is 19.5 Å². The van der Waals surface area contributed by atoms with Crippen LogP contribution >= 0.6 is 0 Å². The van der Waals surface area contributed by atoms with E-state index >= 15 is 0 Å². The van der Waals surface area contributed by atoms with Crippen molar-refractivity contribution in [3.63, 3.8) is 0 Å². The highest BCUT2D eigenvalue weighted by Gasteiger charge is 2.18. The van der Waals surface area contributed by atoms with Crippen LogP contribution in [0.4, 0.5) is 5.69 Å². The number of rotatable bonds is 6. The first-order valence-corrected chi connectivity index (χ1v) is 6.13. The first kappa shape index (κ1) is 14.7. The molecule has 0 radical (unpaired) electrons. The summed E-state index contributed by atoms with van der Waals surface area (Å²) < 4.78 is 6.53. The molecule has 8 heteroatoms. The molecule has 0 saturated carbocycles. The zero-order valence-corrected chi connectivity index (χ0v) is 11.3. The summed E-state index contributed by atoms with van der Waals surface area (Å²) in [5.41, 5.74) is 0.162. The Kier molecular flexibility index (Phi) is 4.62. The second-order valence-corrected chi connectivity index (χ2v) is 4.14. The number of aromatic nitrogens is 3. The summed E-state index contributed by atoms with van der Waals surface area (Å²) >= 11 is 0. The van der Waals surface area contributed by atoms with Crippen molar-refractivity contribution in [2.24, 2.45) is 0 Å². The zero-order chi connectivity index (χ0) is 15.2. The van der Waals surface area contributed by atoms with E-state index in [1.54, 1.807) is 18.0 Å². The van der Waals surface area contributed by atoms with Crippen LogP contribution in [-0.2, 0) is 11.3 Å². The number of nitrogens with zero attached hydrogens (tertiary/aromatic N) is 3. The molecule has 2 aromatic heterocycles. The number of ether oxygens (including phenoxy) is 1. The summed E-state index contributed by atoms with van der Waals surface area (Å²) in [5.74, 6) is -1.80. The van der Waals surface area contributed by atoms with E-state index in [9.17, 15) is 9.59 Å². The van der Waals surface area contributed by atoms with Gasteiger partial charge in [0.2, 0.25) is 0 Å². The molecule has 0 saturated heterocycles. The third-order valence-corrected chi connectivity index (χ3v) is 2.67. The van der Waals surface area contributed by atoms with Gasteiger partial charge in [-0.15, -0.1) is 0 Å². The number of pyridine rings is 1. The van der Waals surface area contributed by atoms with Crippen molar-refractivity contribution in [1.29, 1.82) is 0 Å². The van der Waals surface area contributed by atoms with Gasteiger partial charge in [0.05, 0.1) is 30.6 Å². The van der Waals surface area contributed by atoms with E-state index in [4.69, 9.17) is 9.84 Å². The van der Waals surface area contributed by atoms with Crippen molar-refractivity contribution in [2.75, 3.05) is 19.0 Å². The number of methoxy groups -OCH3 is 1. The fourth-order valence-electron chi connectivity index (χ4n) is 1.68. The number of carboxylic acid groups (broad SMARTS) is 1. The van der Waals surface area contributed by atoms with Crippen LogP contribution in [0.1, 0.15) is 20.8 Å². The van der Waals surface area contributed by atoms with Gasteiger partial charge in [0.15, 0.2) is 0 Å². The molecule has 0 aromatic carbocycles. The maximum atomic E-state index is 12.1. The molecule has 21 heavy (non-hydrogen) atoms. The SMILES string of the molecule is COCCn1cc(NC(=O)c2ncccc2C(=O)O)cn1. The average molecular weight is 290 g/mol. The molecule has 0 aliphatic rings. The Bertz CT molecular complexity index is 653. The second-order valence-electron chi connectivity index (χ2n) is 4.14. The highest BCUT2D eigenvalue weighted by molar-refractivity contribution is 6.09. The van der Waals surface area contributed by atoms with Gasteiger partial charge < -0.3 is 15.2 Å². The first-order valence-electron chi connectivity index (χ1n) is 6.13. The lowest BCUT2D eigenvalue weighted by Gasteiger charge is -2.04. The first-order chi connectivity index (χ1) is 10.1. The summed E-state index contributed by atoms with van der Waals surface area (Å²) in [6.45, 7) is 1.05. The average Bonchev–Trinajstić information content (AvgIpc) is 2.92. The minimum absolute atomic E-state index is 0.144. The third kappa shape index (κ3) is 3.63. The van der Waals surface area contributed by atoms with Gasteiger partial charge in [-0.05, 0) is 12.1 Å². The summed E-state index contributed by atoms with van der Waals surface area (Å²) in [7, 11) is 1.58. The molecule has 2 heterocycles. The van der Waals surface area contributed by atoms with E-state index < -0.39 is 11.9 Å². The lowest BCUT2D eigenvalue weighted by Crippen LogP contribution is -2.17. The maximum Gasteiger partial charge on any atom is 0.338 e. The van der Waals surface area contributed by atoms with Crippen LogP contribution in [-0.4, -0.2) is 45.5 Å². The lowest BCUT2D eigenvalue weighted by molar-refractivity contribution is 0.0691. The van der Waals surface area contributed by atoms with E-state index in [-0.39, 0.29) is 11.3 Å². The number of aromatic carboxylic acids is 1. The van der Waals surface area contributed by atoms with Crippen molar-refractivity contribution in [3.05, 3.63) is 42.0 Å². The van der Waals surface area contributed by atoms with Crippen LogP contribution in [0, 0.1) is 0 Å². The van der Waals surface area contributed by atoms with Crippen molar-refractivity contribution in [3.8, 4) is 0 Å². The molecule has 0 unspecified atom stereocenters. The standard InChI is InChI=1S/C13H14N4O4/c1-21-6-5-17-8-9(7-15-17)16-12(18)11-10(13(19)20)3-2-4-14-11/h2-4,7-8H,5-6H2,1H3,(H,16,18)(H,19,20). The molecule has 110 valence electrons. The Morgan fingerprint density at radius 3 is 3.00 bits per heavy atom. The summed E-state index contributed by atoms with van der Waals surface area (Å²) in [6.07, 6.45) is 4.46. The minimum atomic E-state index is -1.20. The number of carboxylic acids is 1. The van der Waals surface area contributed by atoms with Gasteiger partial charge in [0.1, 0.15) is 5.69 Å². The van der Waals surface area contributed by atoms with Gasteiger partial charge in [-0.1, -0.05) is 0 Å². The molecule has 2 aromatic rings. The summed E-state index contributed by atoms with van der Waals surface area (Å²) in [5, 5.41) is 15.6. The van der Waals surface area contributed by atoms with Crippen molar-refractivity contribution >= 4 is 17.6 Å². The number of amides is 1. The summed E-state index contributed by atoms with van der Waals surface area (Å²) in [6, 6.07) is 2.79. The van der Waals surface area contributed by atoms with Gasteiger partial charge in [-0.3, -0.25) is 14.5 Å². The van der Waals surface area contributed by atoms with Gasteiger partial charge in [-0.2, -0.15) is 5.10 Å². The van der Waals surface area contributed by atoms with Gasteiger partial charge in [-0.25, -0.2) is 4.79 Å². The Morgan fingerprint density at radius 1 is 1.48 bits per heavy atom. The molecular formula is C13H14N4O4. The Balaban J connectivity index is 2.11. The molecule has 0 aliphatic heterocycles. The van der Waals surface area contributed by atoms with Crippen molar-refractivity contribution in [2.45, 2.75) is 6.54 Å². The Labute approximate surface area is 120 Å². The van der Waals surface area contributed by atoms with E-state index in [1.165, 1.54) is 24.5 Å². The molecule has 1 amide bonds. The predicted octanol–water partition coefficient (Wildman–Crippen LogP) is 0.875. The highest BCUT2D eigenvalue weighted by Crippen LogP contribution is 2.10. The van der Waals surface area contributed by atoms with E-state index in [0.29, 0.717) is 18.8 Å². The monoisotopic (exact) mass is 290 g/mol. The molecule has 2 N–H and O–H groups in total. The number of carbonyl (C=O) groups excluding carboxylic acids is 1. The molecular weight excluding hydrogens is 276 g/mol. The topological polar surface area (TPSA) is 106 Å². The third-order valence-electron chi connectivity index (χ3n) is 2.67. The van der Waals surface area contributed by atoms with E-state index in [2.05, 4.69) is 15.4 Å². The fourth-order valence-corrected chi connectivity index (χ4v) is 1.68. The zero-order valence-electron chi connectivity index (χ0n) is 11.3. The number of carbonyl (C=O) groups is 2. The number of nitrogens with one attached hydrogen (secondary N) is 1. The molecule has 2 rings (SSSR count). The lowest BCUT2D eigenvalue weighted by atomic mass is 10.2. The van der Waals surface area contributed by atoms with E-state index in [1.807, 2.05) is 0 Å². The van der Waals surface area contributed by atoms with Gasteiger partial charge in [0.25, 0.3) is 5.91 Å². The van der Waals surface area contributed by atoms with Crippen LogP contribution in [0.3, 0.4) is 0 Å². The molecule has 8 nitrogen and oxygen atoms in total. The molecule has 0 atom stereocenters. The van der Waals surface area contributed by atoms with Crippen molar-refractivity contribution in [1.82, 2.24) is 14.8 Å². The quantitative estimate of drug-likeness (QED) is 0.817. The molecule has 0 bridgehead atoms. The van der Waals surface area contributed by atoms with Gasteiger partial charge >= 0.3 is 5.97 Å². The maximum absolute atomic E-state index is 12.1. The number of hydrogen-bond donors (Lipinski definition) is 2. The second kappa shape index (κ2) is 6.62. The Morgan fingerprint density at radius 2 is 2.29 bits per heavy atom. The van der Waals surface area contributed by atoms with Crippen LogP contribution < -0.4 is 5.32 Å². The number of hydrogen-bond acceptors (Lipinski definition) is 5. The normalized spacial score (nSPS) is 10.3. The number of anilines is 1. The fraction of sp³-hybridized carbons (Fsp3) is 0.231. The van der Waals surface area contributed by atoms with E-state index in [0.717, 1.165) is 0 Å². The van der Waals surface area contributed by atoms with Crippen LogP contribution in [0.25, 0.3) is 0 Å². The van der Waals surface area contributed by atoms with Crippen LogP contribution in [0.15, 0.2) is 30.7 Å². The smallest absolute Gasteiger partial charge is 0.338 e. The highest BCUT2D eigenvalue weighted by atomic mass is 16.5. The molecule has 0 aliphatic carbocycles. The van der Waals surface area contributed by atoms with Crippen LogP contribution in [0.5, 0.6) is 0 Å².